The van der Waals surface area contributed by atoms with Crippen molar-refractivity contribution in [3.05, 3.63) is 71.5 Å². The van der Waals surface area contributed by atoms with Gasteiger partial charge in [0, 0.05) is 18.5 Å². The topological polar surface area (TPSA) is 55.1 Å². The van der Waals surface area contributed by atoms with Gasteiger partial charge in [-0.2, -0.15) is 0 Å². The number of halogens is 2. The molecule has 124 valence electrons. The largest absolute Gasteiger partial charge is 0.354 e. The summed E-state index contributed by atoms with van der Waals surface area (Å²) >= 11 is 0. The van der Waals surface area contributed by atoms with Gasteiger partial charge in [-0.3, -0.25) is 4.79 Å². The third kappa shape index (κ3) is 5.66. The fourth-order valence-corrected chi connectivity index (χ4v) is 2.29. The molecule has 2 atom stereocenters. The van der Waals surface area contributed by atoms with Gasteiger partial charge >= 0.3 is 0 Å². The van der Waals surface area contributed by atoms with E-state index < -0.39 is 0 Å². The number of hydrogen-bond acceptors (Lipinski definition) is 2. The summed E-state index contributed by atoms with van der Waals surface area (Å²) in [6.45, 7) is 2.15. The van der Waals surface area contributed by atoms with Crippen LogP contribution in [0, 0.1) is 11.7 Å². The SMILES string of the molecule is CC(Cc1ccccc1F)C(=O)NCC(N)c1ccccc1.Cl. The lowest BCUT2D eigenvalue weighted by atomic mass is 9.99. The van der Waals surface area contributed by atoms with Crippen molar-refractivity contribution in [3.63, 3.8) is 0 Å². The Morgan fingerprint density at radius 3 is 2.39 bits per heavy atom. The molecule has 2 aromatic carbocycles. The maximum Gasteiger partial charge on any atom is 0.223 e. The fraction of sp³-hybridized carbons (Fsp3) is 0.278. The summed E-state index contributed by atoms with van der Waals surface area (Å²) in [4.78, 5) is 12.1. The molecule has 3 nitrogen and oxygen atoms in total. The summed E-state index contributed by atoms with van der Waals surface area (Å²) in [6.07, 6.45) is 0.374. The molecular weight excluding hydrogens is 315 g/mol. The highest BCUT2D eigenvalue weighted by Crippen LogP contribution is 2.13. The molecule has 1 amide bonds. The Labute approximate surface area is 142 Å². The fourth-order valence-electron chi connectivity index (χ4n) is 2.29. The number of hydrogen-bond donors (Lipinski definition) is 2. The third-order valence-corrected chi connectivity index (χ3v) is 3.66. The summed E-state index contributed by atoms with van der Waals surface area (Å²) in [5, 5.41) is 2.83. The van der Waals surface area contributed by atoms with Crippen LogP contribution in [0.3, 0.4) is 0 Å². The molecule has 0 saturated heterocycles. The lowest BCUT2D eigenvalue weighted by Gasteiger charge is -2.16. The summed E-state index contributed by atoms with van der Waals surface area (Å²) in [5.41, 5.74) is 7.58. The van der Waals surface area contributed by atoms with E-state index >= 15 is 0 Å². The molecule has 0 aromatic heterocycles. The van der Waals surface area contributed by atoms with Gasteiger partial charge in [0.1, 0.15) is 5.82 Å². The van der Waals surface area contributed by atoms with Gasteiger partial charge in [-0.25, -0.2) is 4.39 Å². The Hall–Kier alpha value is -1.91. The maximum absolute atomic E-state index is 13.6. The van der Waals surface area contributed by atoms with Crippen LogP contribution in [-0.2, 0) is 11.2 Å². The van der Waals surface area contributed by atoms with Crippen LogP contribution in [0.4, 0.5) is 4.39 Å². The molecular formula is C18H22ClFN2O. The minimum absolute atomic E-state index is 0. The van der Waals surface area contributed by atoms with Crippen LogP contribution in [0.1, 0.15) is 24.1 Å². The van der Waals surface area contributed by atoms with Gasteiger partial charge in [-0.15, -0.1) is 12.4 Å². The number of carbonyl (C=O) groups is 1. The predicted octanol–water partition coefficient (Wildman–Crippen LogP) is 3.24. The molecule has 2 aromatic rings. The predicted molar refractivity (Wildman–Crippen MR) is 92.9 cm³/mol. The second-order valence-corrected chi connectivity index (χ2v) is 5.46. The normalized spacial score (nSPS) is 12.8. The lowest BCUT2D eigenvalue weighted by molar-refractivity contribution is -0.124. The van der Waals surface area contributed by atoms with E-state index in [4.69, 9.17) is 5.73 Å². The van der Waals surface area contributed by atoms with Crippen molar-refractivity contribution in [2.45, 2.75) is 19.4 Å². The molecule has 2 unspecified atom stereocenters. The highest BCUT2D eigenvalue weighted by atomic mass is 35.5. The van der Waals surface area contributed by atoms with Crippen molar-refractivity contribution in [2.75, 3.05) is 6.54 Å². The molecule has 5 heteroatoms. The lowest BCUT2D eigenvalue weighted by Crippen LogP contribution is -2.35. The van der Waals surface area contributed by atoms with Gasteiger partial charge in [0.05, 0.1) is 0 Å². The van der Waals surface area contributed by atoms with Crippen LogP contribution >= 0.6 is 12.4 Å². The Morgan fingerprint density at radius 1 is 1.13 bits per heavy atom. The molecule has 0 bridgehead atoms. The molecule has 0 aliphatic rings. The van der Waals surface area contributed by atoms with Crippen LogP contribution in [0.5, 0.6) is 0 Å². The molecule has 3 N–H and O–H groups in total. The minimum Gasteiger partial charge on any atom is -0.354 e. The summed E-state index contributed by atoms with van der Waals surface area (Å²) in [5.74, 6) is -0.697. The van der Waals surface area contributed by atoms with E-state index in [2.05, 4.69) is 5.32 Å². The number of nitrogens with one attached hydrogen (secondary N) is 1. The first-order valence-electron chi connectivity index (χ1n) is 7.39. The van der Waals surface area contributed by atoms with E-state index in [0.717, 1.165) is 5.56 Å². The van der Waals surface area contributed by atoms with Crippen LogP contribution in [-0.4, -0.2) is 12.5 Å². The van der Waals surface area contributed by atoms with E-state index in [1.165, 1.54) is 6.07 Å². The second-order valence-electron chi connectivity index (χ2n) is 5.46. The van der Waals surface area contributed by atoms with E-state index in [9.17, 15) is 9.18 Å². The monoisotopic (exact) mass is 336 g/mol. The van der Waals surface area contributed by atoms with Crippen molar-refractivity contribution in [1.29, 1.82) is 0 Å². The number of rotatable bonds is 6. The zero-order valence-corrected chi connectivity index (χ0v) is 13.9. The standard InChI is InChI=1S/C18H21FN2O.ClH/c1-13(11-15-9-5-6-10-16(15)19)18(22)21-12-17(20)14-7-3-2-4-8-14;/h2-10,13,17H,11-12,20H2,1H3,(H,21,22);1H. The van der Waals surface area contributed by atoms with E-state index in [1.807, 2.05) is 30.3 Å². The van der Waals surface area contributed by atoms with Crippen LogP contribution in [0.2, 0.25) is 0 Å². The smallest absolute Gasteiger partial charge is 0.223 e. The van der Waals surface area contributed by atoms with Crippen LogP contribution in [0.25, 0.3) is 0 Å². The Bertz CT molecular complexity index is 621. The first-order valence-corrected chi connectivity index (χ1v) is 7.39. The van der Waals surface area contributed by atoms with E-state index in [-0.39, 0.29) is 36.1 Å². The first kappa shape index (κ1) is 19.1. The number of nitrogens with two attached hydrogens (primary N) is 1. The van der Waals surface area contributed by atoms with Crippen LogP contribution < -0.4 is 11.1 Å². The van der Waals surface area contributed by atoms with Gasteiger partial charge in [-0.1, -0.05) is 55.5 Å². The van der Waals surface area contributed by atoms with Gasteiger partial charge in [-0.05, 0) is 23.6 Å². The third-order valence-electron chi connectivity index (χ3n) is 3.66. The highest BCUT2D eigenvalue weighted by molar-refractivity contribution is 5.85. The summed E-state index contributed by atoms with van der Waals surface area (Å²) in [6, 6.07) is 15.9. The van der Waals surface area contributed by atoms with Crippen LogP contribution in [0.15, 0.2) is 54.6 Å². The molecule has 0 heterocycles. The van der Waals surface area contributed by atoms with Crippen molar-refractivity contribution in [1.82, 2.24) is 5.32 Å². The molecule has 0 aliphatic carbocycles. The van der Waals surface area contributed by atoms with Gasteiger partial charge < -0.3 is 11.1 Å². The molecule has 23 heavy (non-hydrogen) atoms. The Morgan fingerprint density at radius 2 is 1.74 bits per heavy atom. The van der Waals surface area contributed by atoms with Crippen molar-refractivity contribution < 1.29 is 9.18 Å². The van der Waals surface area contributed by atoms with E-state index in [0.29, 0.717) is 18.5 Å². The zero-order valence-electron chi connectivity index (χ0n) is 13.0. The molecule has 0 fully saturated rings. The molecule has 0 radical (unpaired) electrons. The summed E-state index contributed by atoms with van der Waals surface area (Å²) < 4.78 is 13.6. The average molecular weight is 337 g/mol. The minimum atomic E-state index is -0.306. The van der Waals surface area contributed by atoms with Crippen molar-refractivity contribution in [3.8, 4) is 0 Å². The summed E-state index contributed by atoms with van der Waals surface area (Å²) in [7, 11) is 0. The molecule has 0 spiro atoms. The number of carbonyl (C=O) groups excluding carboxylic acids is 1. The van der Waals surface area contributed by atoms with Gasteiger partial charge in [0.2, 0.25) is 5.91 Å². The van der Waals surface area contributed by atoms with Gasteiger partial charge in [0.15, 0.2) is 0 Å². The van der Waals surface area contributed by atoms with E-state index in [1.54, 1.807) is 25.1 Å². The molecule has 0 aliphatic heterocycles. The zero-order chi connectivity index (χ0) is 15.9. The van der Waals surface area contributed by atoms with Crippen molar-refractivity contribution in [2.24, 2.45) is 11.7 Å². The Kier molecular flexibility index (Phi) is 7.72. The highest BCUT2D eigenvalue weighted by Gasteiger charge is 2.16. The molecule has 0 saturated carbocycles. The first-order chi connectivity index (χ1) is 10.6. The average Bonchev–Trinajstić information content (AvgIpc) is 2.55. The number of benzene rings is 2. The molecule has 2 rings (SSSR count). The van der Waals surface area contributed by atoms with Crippen molar-refractivity contribution >= 4 is 18.3 Å². The quantitative estimate of drug-likeness (QED) is 0.850. The van der Waals surface area contributed by atoms with Gasteiger partial charge in [0.25, 0.3) is 0 Å². The second kappa shape index (κ2) is 9.28. The maximum atomic E-state index is 13.6. The Balaban J connectivity index is 0.00000264. The number of amides is 1.